The molecule has 0 unspecified atom stereocenters. The molecule has 2 N–H and O–H groups in total. The maximum atomic E-state index is 12.7. The molecule has 1 aliphatic carbocycles. The predicted octanol–water partition coefficient (Wildman–Crippen LogP) is 5.07. The first-order valence-corrected chi connectivity index (χ1v) is 10.0. The second-order valence-corrected chi connectivity index (χ2v) is 7.87. The van der Waals surface area contributed by atoms with E-state index >= 15 is 0 Å². The van der Waals surface area contributed by atoms with Crippen molar-refractivity contribution in [3.63, 3.8) is 0 Å². The average Bonchev–Trinajstić information content (AvgIpc) is 3.08. The van der Waals surface area contributed by atoms with E-state index in [1.807, 2.05) is 23.6 Å². The third-order valence-electron chi connectivity index (χ3n) is 4.83. The van der Waals surface area contributed by atoms with Gasteiger partial charge in [-0.1, -0.05) is 49.1 Å². The zero-order valence-corrected chi connectivity index (χ0v) is 15.9. The standard InChI is InChI=1S/C19H21ClN2O3S/c20-15-9-5-4-8-13(15)16-11-26-19(21-16)22-18(25)14(10-17(23)24)12-6-2-1-3-7-12/h4-5,8-9,11-12,14H,1-3,6-7,10H2,(H,23,24)(H,21,22,25)/t14-/m0/s1. The molecule has 0 saturated heterocycles. The van der Waals surface area contributed by atoms with Crippen LogP contribution in [0, 0.1) is 11.8 Å². The number of aromatic nitrogens is 1. The van der Waals surface area contributed by atoms with Gasteiger partial charge >= 0.3 is 5.97 Å². The Morgan fingerprint density at radius 1 is 1.27 bits per heavy atom. The molecule has 1 saturated carbocycles. The van der Waals surface area contributed by atoms with E-state index in [1.54, 1.807) is 6.07 Å². The molecule has 1 atom stereocenters. The molecule has 2 aromatic rings. The van der Waals surface area contributed by atoms with Crippen LogP contribution in [0.3, 0.4) is 0 Å². The van der Waals surface area contributed by atoms with Crippen LogP contribution in [-0.2, 0) is 9.59 Å². The Kier molecular flexibility index (Phi) is 6.27. The highest BCUT2D eigenvalue weighted by molar-refractivity contribution is 7.14. The number of rotatable bonds is 6. The van der Waals surface area contributed by atoms with E-state index in [-0.39, 0.29) is 18.2 Å². The van der Waals surface area contributed by atoms with E-state index in [4.69, 9.17) is 11.6 Å². The van der Waals surface area contributed by atoms with Crippen molar-refractivity contribution in [2.75, 3.05) is 5.32 Å². The molecule has 1 aromatic carbocycles. The van der Waals surface area contributed by atoms with Crippen LogP contribution >= 0.6 is 22.9 Å². The van der Waals surface area contributed by atoms with E-state index in [1.165, 1.54) is 11.3 Å². The van der Waals surface area contributed by atoms with Gasteiger partial charge in [0.25, 0.3) is 0 Å². The van der Waals surface area contributed by atoms with Gasteiger partial charge in [-0.05, 0) is 24.8 Å². The van der Waals surface area contributed by atoms with Crippen molar-refractivity contribution in [1.82, 2.24) is 4.98 Å². The van der Waals surface area contributed by atoms with E-state index < -0.39 is 11.9 Å². The number of nitrogens with zero attached hydrogens (tertiary/aromatic N) is 1. The van der Waals surface area contributed by atoms with Crippen molar-refractivity contribution in [1.29, 1.82) is 0 Å². The first kappa shape index (κ1) is 18.9. The summed E-state index contributed by atoms with van der Waals surface area (Å²) in [6.45, 7) is 0. The monoisotopic (exact) mass is 392 g/mol. The quantitative estimate of drug-likeness (QED) is 0.718. The van der Waals surface area contributed by atoms with Gasteiger partial charge in [0.2, 0.25) is 5.91 Å². The highest BCUT2D eigenvalue weighted by Gasteiger charge is 2.31. The second-order valence-electron chi connectivity index (χ2n) is 6.61. The number of amides is 1. The molecule has 0 aliphatic heterocycles. The van der Waals surface area contributed by atoms with Crippen molar-refractivity contribution in [3.8, 4) is 11.3 Å². The molecule has 1 fully saturated rings. The number of nitrogens with one attached hydrogen (secondary N) is 1. The van der Waals surface area contributed by atoms with Crippen LogP contribution < -0.4 is 5.32 Å². The molecular formula is C19H21ClN2O3S. The molecule has 1 aromatic heterocycles. The molecule has 1 aliphatic rings. The summed E-state index contributed by atoms with van der Waals surface area (Å²) in [5, 5.41) is 14.9. The van der Waals surface area contributed by atoms with Crippen LogP contribution in [0.15, 0.2) is 29.6 Å². The SMILES string of the molecule is O=C(O)C[C@H](C(=O)Nc1nc(-c2ccccc2Cl)cs1)C1CCCCC1. The Labute approximate surface area is 161 Å². The average molecular weight is 393 g/mol. The normalized spacial score (nSPS) is 16.2. The van der Waals surface area contributed by atoms with Crippen LogP contribution in [0.4, 0.5) is 5.13 Å². The molecule has 138 valence electrons. The van der Waals surface area contributed by atoms with Gasteiger partial charge in [0.1, 0.15) is 0 Å². The lowest BCUT2D eigenvalue weighted by Gasteiger charge is -2.28. The Balaban J connectivity index is 1.73. The van der Waals surface area contributed by atoms with Gasteiger partial charge in [0.05, 0.1) is 18.0 Å². The highest BCUT2D eigenvalue weighted by Crippen LogP contribution is 2.34. The zero-order chi connectivity index (χ0) is 18.5. The Morgan fingerprint density at radius 2 is 2.00 bits per heavy atom. The minimum Gasteiger partial charge on any atom is -0.481 e. The van der Waals surface area contributed by atoms with Crippen molar-refractivity contribution >= 4 is 39.9 Å². The van der Waals surface area contributed by atoms with Crippen molar-refractivity contribution < 1.29 is 14.7 Å². The summed E-state index contributed by atoms with van der Waals surface area (Å²) >= 11 is 7.51. The number of carboxylic acids is 1. The lowest BCUT2D eigenvalue weighted by molar-refractivity contribution is -0.141. The fraction of sp³-hybridized carbons (Fsp3) is 0.421. The number of benzene rings is 1. The fourth-order valence-electron chi connectivity index (χ4n) is 3.52. The Bertz CT molecular complexity index is 787. The zero-order valence-electron chi connectivity index (χ0n) is 14.3. The lowest BCUT2D eigenvalue weighted by Crippen LogP contribution is -2.32. The van der Waals surface area contributed by atoms with Crippen molar-refractivity contribution in [2.24, 2.45) is 11.8 Å². The van der Waals surface area contributed by atoms with Crippen molar-refractivity contribution in [3.05, 3.63) is 34.7 Å². The van der Waals surface area contributed by atoms with Gasteiger partial charge in [0.15, 0.2) is 5.13 Å². The molecule has 0 spiro atoms. The van der Waals surface area contributed by atoms with Gasteiger partial charge in [-0.2, -0.15) is 0 Å². The summed E-state index contributed by atoms with van der Waals surface area (Å²) in [6, 6.07) is 7.39. The Hall–Kier alpha value is -1.92. The lowest BCUT2D eigenvalue weighted by atomic mass is 9.78. The number of carbonyl (C=O) groups excluding carboxylic acids is 1. The van der Waals surface area contributed by atoms with Crippen LogP contribution in [-0.4, -0.2) is 22.0 Å². The maximum absolute atomic E-state index is 12.7. The summed E-state index contributed by atoms with van der Waals surface area (Å²) in [5.41, 5.74) is 1.50. The smallest absolute Gasteiger partial charge is 0.304 e. The fourth-order valence-corrected chi connectivity index (χ4v) is 4.47. The number of carboxylic acid groups (broad SMARTS) is 1. The van der Waals surface area contributed by atoms with E-state index in [9.17, 15) is 14.7 Å². The minimum atomic E-state index is -0.938. The Morgan fingerprint density at radius 3 is 2.69 bits per heavy atom. The third-order valence-corrected chi connectivity index (χ3v) is 5.92. The third kappa shape index (κ3) is 4.62. The molecule has 1 amide bonds. The summed E-state index contributed by atoms with van der Waals surface area (Å²) in [5.74, 6) is -1.57. The molecule has 0 bridgehead atoms. The summed E-state index contributed by atoms with van der Waals surface area (Å²) < 4.78 is 0. The van der Waals surface area contributed by atoms with Gasteiger partial charge < -0.3 is 10.4 Å². The van der Waals surface area contributed by atoms with Gasteiger partial charge in [0, 0.05) is 16.0 Å². The minimum absolute atomic E-state index is 0.128. The largest absolute Gasteiger partial charge is 0.481 e. The summed E-state index contributed by atoms with van der Waals surface area (Å²) in [7, 11) is 0. The van der Waals surface area contributed by atoms with E-state index in [0.29, 0.717) is 15.8 Å². The van der Waals surface area contributed by atoms with Crippen LogP contribution in [0.25, 0.3) is 11.3 Å². The first-order valence-electron chi connectivity index (χ1n) is 8.77. The number of thiazole rings is 1. The number of hydrogen-bond donors (Lipinski definition) is 2. The number of halogens is 1. The van der Waals surface area contributed by atoms with Crippen LogP contribution in [0.5, 0.6) is 0 Å². The molecule has 7 heteroatoms. The molecule has 3 rings (SSSR count). The van der Waals surface area contributed by atoms with E-state index in [0.717, 1.165) is 37.7 Å². The highest BCUT2D eigenvalue weighted by atomic mass is 35.5. The van der Waals surface area contributed by atoms with Gasteiger partial charge in [-0.25, -0.2) is 4.98 Å². The van der Waals surface area contributed by atoms with Crippen molar-refractivity contribution in [2.45, 2.75) is 38.5 Å². The predicted molar refractivity (Wildman–Crippen MR) is 104 cm³/mol. The van der Waals surface area contributed by atoms with Crippen LogP contribution in [0.2, 0.25) is 5.02 Å². The number of hydrogen-bond acceptors (Lipinski definition) is 4. The molecular weight excluding hydrogens is 372 g/mol. The molecule has 0 radical (unpaired) electrons. The van der Waals surface area contributed by atoms with Crippen LogP contribution in [0.1, 0.15) is 38.5 Å². The number of carbonyl (C=O) groups is 2. The second kappa shape index (κ2) is 8.64. The molecule has 5 nitrogen and oxygen atoms in total. The summed E-state index contributed by atoms with van der Waals surface area (Å²) in [6.07, 6.45) is 4.96. The maximum Gasteiger partial charge on any atom is 0.304 e. The summed E-state index contributed by atoms with van der Waals surface area (Å²) in [4.78, 5) is 28.4. The van der Waals surface area contributed by atoms with E-state index in [2.05, 4.69) is 10.3 Å². The van der Waals surface area contributed by atoms with Gasteiger partial charge in [-0.3, -0.25) is 9.59 Å². The molecule has 26 heavy (non-hydrogen) atoms. The number of anilines is 1. The first-order chi connectivity index (χ1) is 12.5. The number of aliphatic carboxylic acids is 1. The van der Waals surface area contributed by atoms with Gasteiger partial charge in [-0.15, -0.1) is 11.3 Å². The molecule has 1 heterocycles. The topological polar surface area (TPSA) is 79.3 Å².